The summed E-state index contributed by atoms with van der Waals surface area (Å²) in [5.74, 6) is -0.484. The molecule has 0 saturated heterocycles. The summed E-state index contributed by atoms with van der Waals surface area (Å²) >= 11 is 3.10. The van der Waals surface area contributed by atoms with E-state index in [4.69, 9.17) is 5.11 Å². The molecule has 15 heavy (non-hydrogen) atoms. The average molecular weight is 273 g/mol. The normalized spacial score (nSPS) is 11.5. The van der Waals surface area contributed by atoms with E-state index in [1.165, 1.54) is 6.20 Å². The molecule has 1 heterocycles. The summed E-state index contributed by atoms with van der Waals surface area (Å²) in [5.41, 5.74) is 0.0631. The number of rotatable bonds is 2. The van der Waals surface area contributed by atoms with Gasteiger partial charge in [-0.3, -0.25) is 0 Å². The van der Waals surface area contributed by atoms with Gasteiger partial charge in [-0.2, -0.15) is 0 Å². The fourth-order valence-corrected chi connectivity index (χ4v) is 1.47. The third-order valence-corrected chi connectivity index (χ3v) is 2.27. The van der Waals surface area contributed by atoms with E-state index in [0.717, 1.165) is 0 Å². The lowest BCUT2D eigenvalue weighted by atomic mass is 9.92. The Hall–Kier alpha value is -0.970. The first-order valence-electron chi connectivity index (χ1n) is 4.54. The van der Waals surface area contributed by atoms with E-state index in [1.807, 2.05) is 0 Å². The second-order valence-electron chi connectivity index (χ2n) is 4.53. The van der Waals surface area contributed by atoms with Crippen LogP contribution in [0.2, 0.25) is 0 Å². The van der Waals surface area contributed by atoms with Crippen molar-refractivity contribution in [3.8, 4) is 0 Å². The molecule has 0 saturated carbocycles. The third-order valence-electron chi connectivity index (χ3n) is 1.69. The predicted octanol–water partition coefficient (Wildman–Crippen LogP) is 2.53. The van der Waals surface area contributed by atoms with Crippen LogP contribution in [-0.2, 0) is 6.42 Å². The van der Waals surface area contributed by atoms with Crippen LogP contribution in [0.5, 0.6) is 0 Å². The Bertz CT molecular complexity index is 385. The second-order valence-corrected chi connectivity index (χ2v) is 5.38. The van der Waals surface area contributed by atoms with Crippen molar-refractivity contribution in [2.75, 3.05) is 0 Å². The van der Waals surface area contributed by atoms with Crippen LogP contribution in [0, 0.1) is 5.41 Å². The van der Waals surface area contributed by atoms with Gasteiger partial charge in [0, 0.05) is 12.6 Å². The lowest BCUT2D eigenvalue weighted by molar-refractivity contribution is 0.0688. The number of aromatic carboxylic acids is 1. The van der Waals surface area contributed by atoms with Crippen molar-refractivity contribution in [1.29, 1.82) is 0 Å². The summed E-state index contributed by atoms with van der Waals surface area (Å²) in [4.78, 5) is 18.9. The minimum atomic E-state index is -1.04. The largest absolute Gasteiger partial charge is 0.476 e. The predicted molar refractivity (Wildman–Crippen MR) is 59.9 cm³/mol. The molecule has 0 aliphatic rings. The van der Waals surface area contributed by atoms with E-state index in [0.29, 0.717) is 16.7 Å². The minimum Gasteiger partial charge on any atom is -0.476 e. The Morgan fingerprint density at radius 2 is 2.13 bits per heavy atom. The SMILES string of the molecule is CC(C)(C)Cc1ncc(Br)c(C(=O)O)n1. The highest BCUT2D eigenvalue weighted by Crippen LogP contribution is 2.20. The Kier molecular flexibility index (Phi) is 3.44. The summed E-state index contributed by atoms with van der Waals surface area (Å²) in [5, 5.41) is 8.87. The van der Waals surface area contributed by atoms with Crippen molar-refractivity contribution < 1.29 is 9.90 Å². The summed E-state index contributed by atoms with van der Waals surface area (Å²) < 4.78 is 0.410. The maximum absolute atomic E-state index is 10.8. The van der Waals surface area contributed by atoms with Crippen LogP contribution in [0.15, 0.2) is 10.7 Å². The standard InChI is InChI=1S/C10H13BrN2O2/c1-10(2,3)4-7-12-5-6(11)8(13-7)9(14)15/h5H,4H2,1-3H3,(H,14,15). The first-order valence-corrected chi connectivity index (χ1v) is 5.33. The smallest absolute Gasteiger partial charge is 0.355 e. The monoisotopic (exact) mass is 272 g/mol. The van der Waals surface area contributed by atoms with E-state index in [9.17, 15) is 4.79 Å². The van der Waals surface area contributed by atoms with Crippen LogP contribution >= 0.6 is 15.9 Å². The summed E-state index contributed by atoms with van der Waals surface area (Å²) in [6.45, 7) is 6.16. The lowest BCUT2D eigenvalue weighted by Crippen LogP contribution is -2.14. The zero-order valence-electron chi connectivity index (χ0n) is 8.91. The number of carboxylic acid groups (broad SMARTS) is 1. The van der Waals surface area contributed by atoms with Gasteiger partial charge in [-0.1, -0.05) is 20.8 Å². The molecule has 0 aliphatic heterocycles. The lowest BCUT2D eigenvalue weighted by Gasteiger charge is -2.16. The summed E-state index contributed by atoms with van der Waals surface area (Å²) in [7, 11) is 0. The number of aromatic nitrogens is 2. The van der Waals surface area contributed by atoms with Gasteiger partial charge in [-0.15, -0.1) is 0 Å². The topological polar surface area (TPSA) is 63.1 Å². The average Bonchev–Trinajstić information content (AvgIpc) is 2.05. The Labute approximate surface area is 96.9 Å². The quantitative estimate of drug-likeness (QED) is 0.899. The van der Waals surface area contributed by atoms with Crippen molar-refractivity contribution in [2.45, 2.75) is 27.2 Å². The third kappa shape index (κ3) is 3.58. The molecule has 0 atom stereocenters. The molecule has 0 bridgehead atoms. The fraction of sp³-hybridized carbons (Fsp3) is 0.500. The van der Waals surface area contributed by atoms with Crippen LogP contribution in [0.1, 0.15) is 37.1 Å². The van der Waals surface area contributed by atoms with Crippen LogP contribution in [0.3, 0.4) is 0 Å². The molecule has 0 fully saturated rings. The molecule has 0 aromatic carbocycles. The molecule has 0 aliphatic carbocycles. The number of carboxylic acids is 1. The number of carbonyl (C=O) groups is 1. The van der Waals surface area contributed by atoms with E-state index in [2.05, 4.69) is 46.7 Å². The molecule has 1 N–H and O–H groups in total. The molecule has 0 amide bonds. The molecule has 1 aromatic heterocycles. The van der Waals surface area contributed by atoms with E-state index >= 15 is 0 Å². The van der Waals surface area contributed by atoms with Gasteiger partial charge in [0.05, 0.1) is 4.47 Å². The molecule has 1 aromatic rings. The maximum Gasteiger partial charge on any atom is 0.355 e. The highest BCUT2D eigenvalue weighted by atomic mass is 79.9. The fourth-order valence-electron chi connectivity index (χ4n) is 1.11. The Morgan fingerprint density at radius 3 is 2.60 bits per heavy atom. The molecular formula is C10H13BrN2O2. The van der Waals surface area contributed by atoms with Gasteiger partial charge < -0.3 is 5.11 Å². The molecule has 5 heteroatoms. The number of nitrogens with zero attached hydrogens (tertiary/aromatic N) is 2. The first-order chi connectivity index (χ1) is 6.79. The first kappa shape index (κ1) is 12.1. The number of hydrogen-bond acceptors (Lipinski definition) is 3. The van der Waals surface area contributed by atoms with Crippen molar-refractivity contribution in [2.24, 2.45) is 5.41 Å². The number of hydrogen-bond donors (Lipinski definition) is 1. The summed E-state index contributed by atoms with van der Waals surface area (Å²) in [6.07, 6.45) is 2.14. The van der Waals surface area contributed by atoms with E-state index in [1.54, 1.807) is 0 Å². The van der Waals surface area contributed by atoms with Crippen molar-refractivity contribution in [1.82, 2.24) is 9.97 Å². The maximum atomic E-state index is 10.8. The van der Waals surface area contributed by atoms with E-state index in [-0.39, 0.29) is 11.1 Å². The van der Waals surface area contributed by atoms with Crippen molar-refractivity contribution in [3.63, 3.8) is 0 Å². The summed E-state index contributed by atoms with van der Waals surface area (Å²) in [6, 6.07) is 0. The molecular weight excluding hydrogens is 260 g/mol. The van der Waals surface area contributed by atoms with Crippen LogP contribution in [0.25, 0.3) is 0 Å². The highest BCUT2D eigenvalue weighted by Gasteiger charge is 2.17. The van der Waals surface area contributed by atoms with Crippen LogP contribution in [0.4, 0.5) is 0 Å². The zero-order chi connectivity index (χ0) is 11.6. The minimum absolute atomic E-state index is 0.0178. The zero-order valence-corrected chi connectivity index (χ0v) is 10.5. The Morgan fingerprint density at radius 1 is 1.53 bits per heavy atom. The van der Waals surface area contributed by atoms with Gasteiger partial charge in [0.15, 0.2) is 5.69 Å². The van der Waals surface area contributed by atoms with E-state index < -0.39 is 5.97 Å². The van der Waals surface area contributed by atoms with Crippen LogP contribution in [-0.4, -0.2) is 21.0 Å². The number of halogens is 1. The molecule has 0 radical (unpaired) electrons. The second kappa shape index (κ2) is 4.26. The van der Waals surface area contributed by atoms with Gasteiger partial charge in [0.2, 0.25) is 0 Å². The van der Waals surface area contributed by atoms with Crippen molar-refractivity contribution in [3.05, 3.63) is 22.2 Å². The molecule has 4 nitrogen and oxygen atoms in total. The van der Waals surface area contributed by atoms with Crippen molar-refractivity contribution >= 4 is 21.9 Å². The molecule has 0 spiro atoms. The molecule has 1 rings (SSSR count). The molecule has 82 valence electrons. The van der Waals surface area contributed by atoms with Gasteiger partial charge in [-0.25, -0.2) is 14.8 Å². The van der Waals surface area contributed by atoms with Crippen LogP contribution < -0.4 is 0 Å². The Balaban J connectivity index is 3.03. The van der Waals surface area contributed by atoms with Gasteiger partial charge in [-0.05, 0) is 21.3 Å². The van der Waals surface area contributed by atoms with Gasteiger partial charge in [0.25, 0.3) is 0 Å². The van der Waals surface area contributed by atoms with Gasteiger partial charge in [0.1, 0.15) is 5.82 Å². The van der Waals surface area contributed by atoms with Gasteiger partial charge >= 0.3 is 5.97 Å². The molecule has 0 unspecified atom stereocenters. The highest BCUT2D eigenvalue weighted by molar-refractivity contribution is 9.10.